The monoisotopic (exact) mass is 569 g/mol. The van der Waals surface area contributed by atoms with Crippen molar-refractivity contribution in [1.82, 2.24) is 9.80 Å². The van der Waals surface area contributed by atoms with E-state index in [1.165, 1.54) is 42.5 Å². The van der Waals surface area contributed by atoms with Crippen molar-refractivity contribution < 1.29 is 27.9 Å². The number of carbonyl (C=O) groups excluding carboxylic acids is 2. The first-order valence-corrected chi connectivity index (χ1v) is 11.5. The van der Waals surface area contributed by atoms with Crippen LogP contribution in [0, 0.1) is 0 Å². The van der Waals surface area contributed by atoms with E-state index in [1.807, 2.05) is 0 Å². The number of carbonyl (C=O) groups is 2. The van der Waals surface area contributed by atoms with Crippen molar-refractivity contribution in [1.29, 1.82) is 0 Å². The summed E-state index contributed by atoms with van der Waals surface area (Å²) in [5, 5.41) is 13.1. The SMILES string of the molecule is C=CC[C@@](CN(C)C(=O)CC(F)(F)F)(c1ccc(Cl)c(Cl)c1)N(Cc1ccc(Cl)c(Cl)c1)C(=O)[O-]. The zero-order valence-electron chi connectivity index (χ0n) is 18.3. The first kappa shape index (κ1) is 29.1. The molecule has 12 heteroatoms. The van der Waals surface area contributed by atoms with Crippen molar-refractivity contribution in [2.45, 2.75) is 31.1 Å². The topological polar surface area (TPSA) is 63.7 Å². The Morgan fingerprint density at radius 1 is 1.00 bits per heavy atom. The zero-order chi connectivity index (χ0) is 26.6. The molecule has 0 radical (unpaired) electrons. The highest BCUT2D eigenvalue weighted by molar-refractivity contribution is 6.42. The Morgan fingerprint density at radius 2 is 1.57 bits per heavy atom. The van der Waals surface area contributed by atoms with Crippen LogP contribution in [0.5, 0.6) is 0 Å². The van der Waals surface area contributed by atoms with E-state index in [1.54, 1.807) is 0 Å². The highest BCUT2D eigenvalue weighted by Gasteiger charge is 2.42. The lowest BCUT2D eigenvalue weighted by Crippen LogP contribution is -2.58. The number of halogens is 7. The molecule has 0 unspecified atom stereocenters. The molecule has 0 fully saturated rings. The van der Waals surface area contributed by atoms with Crippen LogP contribution in [0.25, 0.3) is 0 Å². The van der Waals surface area contributed by atoms with Crippen LogP contribution in [0.3, 0.4) is 0 Å². The summed E-state index contributed by atoms with van der Waals surface area (Å²) < 4.78 is 38.6. The normalized spacial score (nSPS) is 13.1. The van der Waals surface area contributed by atoms with Gasteiger partial charge in [-0.15, -0.1) is 6.58 Å². The Balaban J connectivity index is 2.68. The predicted octanol–water partition coefficient (Wildman–Crippen LogP) is 6.33. The molecular formula is C23H20Cl4F3N2O3-. The lowest BCUT2D eigenvalue weighted by molar-refractivity contribution is -0.274. The number of hydrogen-bond donors (Lipinski definition) is 0. The summed E-state index contributed by atoms with van der Waals surface area (Å²) in [5.74, 6) is -1.25. The van der Waals surface area contributed by atoms with Crippen LogP contribution in [0.4, 0.5) is 18.0 Å². The van der Waals surface area contributed by atoms with Gasteiger partial charge in [-0.2, -0.15) is 13.2 Å². The van der Waals surface area contributed by atoms with Crippen LogP contribution in [0.2, 0.25) is 20.1 Å². The second kappa shape index (κ2) is 11.7. The maximum atomic E-state index is 12.9. The summed E-state index contributed by atoms with van der Waals surface area (Å²) in [6.45, 7) is 2.91. The third-order valence-corrected chi connectivity index (χ3v) is 6.75. The van der Waals surface area contributed by atoms with Gasteiger partial charge in [-0.05, 0) is 41.8 Å². The molecule has 0 saturated carbocycles. The summed E-state index contributed by atoms with van der Waals surface area (Å²) in [6, 6.07) is 8.74. The maximum Gasteiger partial charge on any atom is 0.397 e. The van der Waals surface area contributed by atoms with E-state index in [0.717, 1.165) is 16.8 Å². The minimum Gasteiger partial charge on any atom is -0.530 e. The molecule has 0 aliphatic rings. The van der Waals surface area contributed by atoms with Crippen LogP contribution in [0.15, 0.2) is 49.1 Å². The number of likely N-dealkylation sites (N-methyl/N-ethyl adjacent to an activating group) is 1. The number of rotatable bonds is 9. The Labute approximate surface area is 220 Å². The molecule has 5 nitrogen and oxygen atoms in total. The van der Waals surface area contributed by atoms with Gasteiger partial charge in [-0.3, -0.25) is 4.79 Å². The van der Waals surface area contributed by atoms with Gasteiger partial charge in [0, 0.05) is 20.1 Å². The third-order valence-electron chi connectivity index (χ3n) is 5.28. The summed E-state index contributed by atoms with van der Waals surface area (Å²) in [7, 11) is 1.15. The van der Waals surface area contributed by atoms with Crippen molar-refractivity contribution in [2.24, 2.45) is 0 Å². The van der Waals surface area contributed by atoms with E-state index in [-0.39, 0.29) is 38.6 Å². The van der Waals surface area contributed by atoms with Gasteiger partial charge in [0.1, 0.15) is 12.5 Å². The van der Waals surface area contributed by atoms with Gasteiger partial charge in [0.05, 0.1) is 25.6 Å². The number of alkyl halides is 3. The average molecular weight is 571 g/mol. The molecule has 0 N–H and O–H groups in total. The van der Waals surface area contributed by atoms with Gasteiger partial charge in [0.2, 0.25) is 5.91 Å². The minimum absolute atomic E-state index is 0.0784. The second-order valence-electron chi connectivity index (χ2n) is 7.80. The van der Waals surface area contributed by atoms with E-state index in [2.05, 4.69) is 6.58 Å². The van der Waals surface area contributed by atoms with Crippen LogP contribution in [0.1, 0.15) is 24.0 Å². The Hall–Kier alpha value is -2.13. The van der Waals surface area contributed by atoms with E-state index in [9.17, 15) is 27.9 Å². The first-order chi connectivity index (χ1) is 16.2. The predicted molar refractivity (Wildman–Crippen MR) is 129 cm³/mol. The molecular weight excluding hydrogens is 551 g/mol. The quantitative estimate of drug-likeness (QED) is 0.331. The zero-order valence-corrected chi connectivity index (χ0v) is 21.4. The van der Waals surface area contributed by atoms with E-state index < -0.39 is 36.7 Å². The third kappa shape index (κ3) is 7.43. The van der Waals surface area contributed by atoms with E-state index >= 15 is 0 Å². The highest BCUT2D eigenvalue weighted by Crippen LogP contribution is 2.38. The molecule has 0 aromatic heterocycles. The Bertz CT molecular complexity index is 1110. The van der Waals surface area contributed by atoms with Crippen LogP contribution in [-0.2, 0) is 16.9 Å². The lowest BCUT2D eigenvalue weighted by Gasteiger charge is -2.47. The van der Waals surface area contributed by atoms with Crippen molar-refractivity contribution in [2.75, 3.05) is 13.6 Å². The summed E-state index contributed by atoms with van der Waals surface area (Å²) in [4.78, 5) is 26.5. The van der Waals surface area contributed by atoms with E-state index in [4.69, 9.17) is 46.4 Å². The largest absolute Gasteiger partial charge is 0.530 e. The molecule has 0 heterocycles. The highest BCUT2D eigenvalue weighted by atomic mass is 35.5. The average Bonchev–Trinajstić information content (AvgIpc) is 2.74. The van der Waals surface area contributed by atoms with Gasteiger partial charge in [-0.1, -0.05) is 64.6 Å². The second-order valence-corrected chi connectivity index (χ2v) is 9.42. The summed E-state index contributed by atoms with van der Waals surface area (Å²) in [6.07, 6.45) is -6.84. The van der Waals surface area contributed by atoms with Gasteiger partial charge in [0.25, 0.3) is 0 Å². The van der Waals surface area contributed by atoms with Crippen LogP contribution >= 0.6 is 46.4 Å². The van der Waals surface area contributed by atoms with Crippen LogP contribution < -0.4 is 5.11 Å². The molecule has 35 heavy (non-hydrogen) atoms. The summed E-state index contributed by atoms with van der Waals surface area (Å²) >= 11 is 24.2. The van der Waals surface area contributed by atoms with Gasteiger partial charge in [0.15, 0.2) is 0 Å². The molecule has 2 rings (SSSR count). The fraction of sp³-hybridized carbons (Fsp3) is 0.304. The molecule has 0 saturated heterocycles. The molecule has 0 aliphatic heterocycles. The molecule has 0 aliphatic carbocycles. The molecule has 1 atom stereocenters. The lowest BCUT2D eigenvalue weighted by atomic mass is 9.83. The molecule has 2 aromatic carbocycles. The van der Waals surface area contributed by atoms with Crippen molar-refractivity contribution in [3.05, 3.63) is 80.3 Å². The fourth-order valence-electron chi connectivity index (χ4n) is 3.65. The van der Waals surface area contributed by atoms with Crippen molar-refractivity contribution in [3.63, 3.8) is 0 Å². The number of carboxylic acid groups (broad SMARTS) is 1. The van der Waals surface area contributed by atoms with E-state index in [0.29, 0.717) is 5.56 Å². The molecule has 0 bridgehead atoms. The summed E-state index contributed by atoms with van der Waals surface area (Å²) in [5.41, 5.74) is -0.958. The fourth-order valence-corrected chi connectivity index (χ4v) is 4.27. The number of hydrogen-bond acceptors (Lipinski definition) is 3. The van der Waals surface area contributed by atoms with Gasteiger partial charge in [-0.25, -0.2) is 0 Å². The molecule has 2 amide bonds. The van der Waals surface area contributed by atoms with Gasteiger partial charge < -0.3 is 19.7 Å². The maximum absolute atomic E-state index is 12.9. The number of benzene rings is 2. The smallest absolute Gasteiger partial charge is 0.397 e. The number of nitrogens with zero attached hydrogens (tertiary/aromatic N) is 2. The molecule has 0 spiro atoms. The Morgan fingerprint density at radius 3 is 2.06 bits per heavy atom. The van der Waals surface area contributed by atoms with Gasteiger partial charge >= 0.3 is 6.18 Å². The molecule has 2 aromatic rings. The minimum atomic E-state index is -4.75. The van der Waals surface area contributed by atoms with Crippen LogP contribution in [-0.4, -0.2) is 41.6 Å². The number of amides is 2. The van der Waals surface area contributed by atoms with Crippen molar-refractivity contribution >= 4 is 58.4 Å². The van der Waals surface area contributed by atoms with Crippen molar-refractivity contribution in [3.8, 4) is 0 Å². The standard InChI is InChI=1S/C23H21Cl4F3N2O3/c1-3-8-22(15-5-7-17(25)19(27)10-15,13-31(2)20(33)11-23(28,29)30)32(21(34)35)12-14-4-6-16(24)18(26)9-14/h3-7,9-10H,1,8,11-13H2,2H3,(H,34,35)/p-1/t22-/m1/s1. The first-order valence-electron chi connectivity index (χ1n) is 10.00. The molecule has 190 valence electrons. The Kier molecular flexibility index (Phi) is 9.76.